The number of carbonyl (C=O) groups is 3. The Balaban J connectivity index is 1.43. The number of hydrogen-bond donors (Lipinski definition) is 3. The van der Waals surface area contributed by atoms with E-state index in [0.717, 1.165) is 6.07 Å². The summed E-state index contributed by atoms with van der Waals surface area (Å²) in [6.45, 7) is 0.849. The Morgan fingerprint density at radius 1 is 0.966 bits per heavy atom. The molecule has 2 aromatic rings. The molecule has 0 unspecified atom stereocenters. The van der Waals surface area contributed by atoms with Gasteiger partial charge < -0.3 is 14.8 Å². The van der Waals surface area contributed by atoms with E-state index in [-0.39, 0.29) is 18.5 Å². The summed E-state index contributed by atoms with van der Waals surface area (Å²) < 4.78 is 24.5. The van der Waals surface area contributed by atoms with Gasteiger partial charge >= 0.3 is 0 Å². The molecule has 0 aliphatic carbocycles. The van der Waals surface area contributed by atoms with Crippen LogP contribution in [0.15, 0.2) is 40.9 Å². The van der Waals surface area contributed by atoms with Crippen molar-refractivity contribution >= 4 is 33.7 Å². The average molecular weight is 466 g/mol. The number of carbonyl (C=O) groups excluding carboxylic acids is 3. The van der Waals surface area contributed by atoms with Gasteiger partial charge in [0.25, 0.3) is 11.8 Å². The van der Waals surface area contributed by atoms with Crippen LogP contribution < -0.4 is 25.6 Å². The van der Waals surface area contributed by atoms with Gasteiger partial charge in [-0.1, -0.05) is 0 Å². The highest BCUT2D eigenvalue weighted by Crippen LogP contribution is 2.30. The Morgan fingerprint density at radius 3 is 2.52 bits per heavy atom. The maximum absolute atomic E-state index is 13.2. The van der Waals surface area contributed by atoms with Gasteiger partial charge in [0.1, 0.15) is 19.0 Å². The van der Waals surface area contributed by atoms with Crippen LogP contribution in [0.25, 0.3) is 0 Å². The number of benzene rings is 2. The maximum atomic E-state index is 13.2. The van der Waals surface area contributed by atoms with E-state index in [1.165, 1.54) is 18.2 Å². The quantitative estimate of drug-likeness (QED) is 0.585. The molecular formula is C19H17BrFN3O5. The summed E-state index contributed by atoms with van der Waals surface area (Å²) >= 11 is 3.17. The number of fused-ring (bicyclic) bond motifs is 1. The predicted octanol–water partition coefficient (Wildman–Crippen LogP) is 1.94. The van der Waals surface area contributed by atoms with Gasteiger partial charge in [0.15, 0.2) is 11.5 Å². The fourth-order valence-electron chi connectivity index (χ4n) is 2.50. The van der Waals surface area contributed by atoms with E-state index in [0.29, 0.717) is 34.7 Å². The highest BCUT2D eigenvalue weighted by molar-refractivity contribution is 9.10. The predicted molar refractivity (Wildman–Crippen MR) is 104 cm³/mol. The molecule has 2 aromatic carbocycles. The van der Waals surface area contributed by atoms with Crippen LogP contribution in [0.4, 0.5) is 4.39 Å². The smallest absolute Gasteiger partial charge is 0.269 e. The maximum Gasteiger partial charge on any atom is 0.269 e. The molecule has 152 valence electrons. The van der Waals surface area contributed by atoms with Crippen LogP contribution in [0.1, 0.15) is 27.1 Å². The molecule has 0 bridgehead atoms. The Labute approximate surface area is 173 Å². The third kappa shape index (κ3) is 5.44. The first-order valence-corrected chi connectivity index (χ1v) is 9.45. The number of hydrogen-bond acceptors (Lipinski definition) is 5. The molecule has 3 N–H and O–H groups in total. The van der Waals surface area contributed by atoms with Gasteiger partial charge in [-0.05, 0) is 52.3 Å². The van der Waals surface area contributed by atoms with Crippen LogP contribution >= 0.6 is 15.9 Å². The largest absolute Gasteiger partial charge is 0.486 e. The van der Waals surface area contributed by atoms with Crippen molar-refractivity contribution < 1.29 is 28.2 Å². The molecule has 0 fully saturated rings. The second-order valence-electron chi connectivity index (χ2n) is 5.99. The first-order valence-electron chi connectivity index (χ1n) is 8.66. The second-order valence-corrected chi connectivity index (χ2v) is 6.85. The Morgan fingerprint density at radius 2 is 1.72 bits per heavy atom. The number of amides is 3. The third-order valence-electron chi connectivity index (χ3n) is 3.93. The summed E-state index contributed by atoms with van der Waals surface area (Å²) in [6, 6.07) is 8.42. The lowest BCUT2D eigenvalue weighted by molar-refractivity contribution is -0.121. The first-order chi connectivity index (χ1) is 13.9. The van der Waals surface area contributed by atoms with Crippen molar-refractivity contribution in [3.63, 3.8) is 0 Å². The number of rotatable bonds is 5. The van der Waals surface area contributed by atoms with Gasteiger partial charge in [-0.2, -0.15) is 0 Å². The van der Waals surface area contributed by atoms with Gasteiger partial charge in [-0.25, -0.2) is 4.39 Å². The lowest BCUT2D eigenvalue weighted by Gasteiger charge is -2.18. The molecule has 8 nitrogen and oxygen atoms in total. The van der Waals surface area contributed by atoms with E-state index in [2.05, 4.69) is 32.1 Å². The number of hydrazine groups is 1. The summed E-state index contributed by atoms with van der Waals surface area (Å²) in [4.78, 5) is 36.0. The fourth-order valence-corrected chi connectivity index (χ4v) is 2.93. The molecule has 0 saturated carbocycles. The van der Waals surface area contributed by atoms with Crippen molar-refractivity contribution in [3.05, 3.63) is 57.8 Å². The number of ether oxygens (including phenoxy) is 2. The summed E-state index contributed by atoms with van der Waals surface area (Å²) in [6.07, 6.45) is -0.0832. The van der Waals surface area contributed by atoms with Gasteiger partial charge in [-0.3, -0.25) is 25.2 Å². The van der Waals surface area contributed by atoms with Crippen molar-refractivity contribution in [2.24, 2.45) is 0 Å². The van der Waals surface area contributed by atoms with E-state index in [1.54, 1.807) is 12.1 Å². The van der Waals surface area contributed by atoms with Crippen molar-refractivity contribution in [1.82, 2.24) is 16.2 Å². The fraction of sp³-hybridized carbons (Fsp3) is 0.211. The van der Waals surface area contributed by atoms with Crippen molar-refractivity contribution in [3.8, 4) is 11.5 Å². The SMILES string of the molecule is O=C(CCNC(=O)c1cc(F)ccc1Br)NNC(=O)c1ccc2c(c1)OCCO2. The van der Waals surface area contributed by atoms with Gasteiger partial charge in [0, 0.05) is 23.0 Å². The summed E-state index contributed by atoms with van der Waals surface area (Å²) in [5.41, 5.74) is 4.96. The Kier molecular flexibility index (Phi) is 6.65. The van der Waals surface area contributed by atoms with E-state index >= 15 is 0 Å². The molecule has 1 aliphatic heterocycles. The molecule has 0 radical (unpaired) electrons. The molecule has 10 heteroatoms. The molecule has 0 atom stereocenters. The lowest BCUT2D eigenvalue weighted by Crippen LogP contribution is -2.42. The molecule has 0 aromatic heterocycles. The number of nitrogens with one attached hydrogen (secondary N) is 3. The zero-order chi connectivity index (χ0) is 20.8. The molecule has 1 heterocycles. The van der Waals surface area contributed by atoms with Crippen LogP contribution in [-0.2, 0) is 4.79 Å². The minimum Gasteiger partial charge on any atom is -0.486 e. The average Bonchev–Trinajstić information content (AvgIpc) is 2.73. The first kappa shape index (κ1) is 20.6. The highest BCUT2D eigenvalue weighted by Gasteiger charge is 2.16. The van der Waals surface area contributed by atoms with E-state index in [1.807, 2.05) is 0 Å². The Hall–Kier alpha value is -3.14. The van der Waals surface area contributed by atoms with E-state index in [4.69, 9.17) is 9.47 Å². The molecule has 0 spiro atoms. The van der Waals surface area contributed by atoms with Crippen molar-refractivity contribution in [2.45, 2.75) is 6.42 Å². The summed E-state index contributed by atoms with van der Waals surface area (Å²) in [5.74, 6) is -1.08. The number of halogens is 2. The zero-order valence-corrected chi connectivity index (χ0v) is 16.7. The summed E-state index contributed by atoms with van der Waals surface area (Å²) in [5, 5.41) is 2.51. The molecule has 3 rings (SSSR count). The van der Waals surface area contributed by atoms with Crippen LogP contribution in [0.2, 0.25) is 0 Å². The van der Waals surface area contributed by atoms with Crippen LogP contribution in [0, 0.1) is 5.82 Å². The molecule has 3 amide bonds. The third-order valence-corrected chi connectivity index (χ3v) is 4.62. The normalized spacial score (nSPS) is 12.1. The highest BCUT2D eigenvalue weighted by atomic mass is 79.9. The minimum absolute atomic E-state index is 0.00745. The van der Waals surface area contributed by atoms with Gasteiger partial charge in [-0.15, -0.1) is 0 Å². The van der Waals surface area contributed by atoms with Gasteiger partial charge in [0.05, 0.1) is 5.56 Å². The van der Waals surface area contributed by atoms with E-state index < -0.39 is 23.5 Å². The van der Waals surface area contributed by atoms with Gasteiger partial charge in [0.2, 0.25) is 5.91 Å². The van der Waals surface area contributed by atoms with Crippen molar-refractivity contribution in [1.29, 1.82) is 0 Å². The van der Waals surface area contributed by atoms with Crippen LogP contribution in [0.3, 0.4) is 0 Å². The molecule has 1 aliphatic rings. The molecule has 29 heavy (non-hydrogen) atoms. The van der Waals surface area contributed by atoms with Crippen LogP contribution in [-0.4, -0.2) is 37.5 Å². The van der Waals surface area contributed by atoms with E-state index in [9.17, 15) is 18.8 Å². The Bertz CT molecular complexity index is 953. The zero-order valence-electron chi connectivity index (χ0n) is 15.1. The monoisotopic (exact) mass is 465 g/mol. The topological polar surface area (TPSA) is 106 Å². The standard InChI is InChI=1S/C19H17BrFN3O5/c20-14-3-2-12(21)10-13(14)19(27)22-6-5-17(25)23-24-18(26)11-1-4-15-16(9-11)29-8-7-28-15/h1-4,9-10H,5-8H2,(H,22,27)(H,23,25)(H,24,26). The second kappa shape index (κ2) is 9.37. The molecular weight excluding hydrogens is 449 g/mol. The molecule has 0 saturated heterocycles. The summed E-state index contributed by atoms with van der Waals surface area (Å²) in [7, 11) is 0. The lowest BCUT2D eigenvalue weighted by atomic mass is 10.2. The van der Waals surface area contributed by atoms with Crippen molar-refractivity contribution in [2.75, 3.05) is 19.8 Å². The van der Waals surface area contributed by atoms with Crippen LogP contribution in [0.5, 0.6) is 11.5 Å². The minimum atomic E-state index is -0.544.